The molecule has 0 rings (SSSR count). The second-order valence-electron chi connectivity index (χ2n) is 8.02. The summed E-state index contributed by atoms with van der Waals surface area (Å²) >= 11 is 9.13. The summed E-state index contributed by atoms with van der Waals surface area (Å²) in [7, 11) is 0. The topological polar surface area (TPSA) is 24.7 Å². The van der Waals surface area contributed by atoms with E-state index < -0.39 is 0 Å². The molecule has 0 aliphatic heterocycles. The quantitative estimate of drug-likeness (QED) is 0.0928. The summed E-state index contributed by atoms with van der Waals surface area (Å²) in [6, 6.07) is 0. The Morgan fingerprint density at radius 1 is 0.321 bits per heavy atom. The molecular formula is C24H44N2S2. The summed E-state index contributed by atoms with van der Waals surface area (Å²) in [5, 5.41) is 4.87. The summed E-state index contributed by atoms with van der Waals surface area (Å²) in [5.41, 5.74) is 0. The van der Waals surface area contributed by atoms with E-state index in [1.807, 2.05) is 0 Å². The standard InChI is InChI=1S/C24H44N2S2/c27-23-25-21-19-17-15-13-11-9-7-5-3-1-2-4-6-8-10-12-14-16-18-20-22-26-24-28/h1-22H2. The van der Waals surface area contributed by atoms with Gasteiger partial charge in [-0.2, -0.15) is 0 Å². The summed E-state index contributed by atoms with van der Waals surface area (Å²) in [5.74, 6) is 0. The first-order valence-electron chi connectivity index (χ1n) is 12.0. The van der Waals surface area contributed by atoms with Crippen LogP contribution in [0.1, 0.15) is 128 Å². The molecule has 0 atom stereocenters. The van der Waals surface area contributed by atoms with E-state index in [1.165, 1.54) is 128 Å². The Morgan fingerprint density at radius 2 is 0.500 bits per heavy atom. The molecule has 0 amide bonds. The number of thiocarbonyl (C=S) groups is 2. The van der Waals surface area contributed by atoms with Crippen LogP contribution in [0, 0.1) is 0 Å². The van der Waals surface area contributed by atoms with Crippen molar-refractivity contribution in [2.75, 3.05) is 13.1 Å². The van der Waals surface area contributed by atoms with Crippen LogP contribution in [0.3, 0.4) is 0 Å². The monoisotopic (exact) mass is 424 g/mol. The molecule has 0 saturated heterocycles. The maximum atomic E-state index is 4.56. The van der Waals surface area contributed by atoms with Gasteiger partial charge >= 0.3 is 0 Å². The number of hydrogen-bond acceptors (Lipinski definition) is 4. The van der Waals surface area contributed by atoms with Crippen LogP contribution >= 0.6 is 24.4 Å². The van der Waals surface area contributed by atoms with Crippen LogP contribution in [0.4, 0.5) is 0 Å². The van der Waals surface area contributed by atoms with Crippen molar-refractivity contribution < 1.29 is 0 Å². The van der Waals surface area contributed by atoms with E-state index in [-0.39, 0.29) is 0 Å². The highest BCUT2D eigenvalue weighted by Gasteiger charge is 1.95. The largest absolute Gasteiger partial charge is 0.233 e. The maximum absolute atomic E-state index is 4.56. The van der Waals surface area contributed by atoms with Crippen LogP contribution in [0.15, 0.2) is 9.98 Å². The minimum atomic E-state index is 0.870. The molecule has 0 aliphatic carbocycles. The van der Waals surface area contributed by atoms with Gasteiger partial charge in [-0.3, -0.25) is 0 Å². The Bertz CT molecular complexity index is 361. The molecule has 28 heavy (non-hydrogen) atoms. The lowest BCUT2D eigenvalue weighted by atomic mass is 10.0. The first kappa shape index (κ1) is 27.6. The summed E-state index contributed by atoms with van der Waals surface area (Å²) in [6.45, 7) is 1.74. The highest BCUT2D eigenvalue weighted by molar-refractivity contribution is 7.78. The van der Waals surface area contributed by atoms with Crippen molar-refractivity contribution in [3.63, 3.8) is 0 Å². The molecule has 0 fully saturated rings. The van der Waals surface area contributed by atoms with Crippen LogP contribution < -0.4 is 0 Å². The molecule has 162 valence electrons. The van der Waals surface area contributed by atoms with Gasteiger partial charge in [0, 0.05) is 13.1 Å². The fourth-order valence-corrected chi connectivity index (χ4v) is 3.84. The summed E-state index contributed by atoms with van der Waals surface area (Å²) in [4.78, 5) is 7.91. The first-order valence-corrected chi connectivity index (χ1v) is 12.8. The molecule has 0 heterocycles. The molecule has 0 bridgehead atoms. The molecule has 0 aliphatic rings. The van der Waals surface area contributed by atoms with Crippen LogP contribution in [0.25, 0.3) is 0 Å². The average Bonchev–Trinajstić information content (AvgIpc) is 2.71. The Labute approximate surface area is 186 Å². The summed E-state index contributed by atoms with van der Waals surface area (Å²) < 4.78 is 0. The van der Waals surface area contributed by atoms with Crippen molar-refractivity contribution in [2.45, 2.75) is 128 Å². The van der Waals surface area contributed by atoms with Gasteiger partial charge in [0.05, 0.1) is 10.3 Å². The molecule has 4 heteroatoms. The second kappa shape index (κ2) is 26.6. The SMILES string of the molecule is S=C=NCCCCCCCCCCCCCCCCCCCCCCN=C=S. The van der Waals surface area contributed by atoms with Crippen molar-refractivity contribution in [1.29, 1.82) is 0 Å². The molecule has 0 aromatic heterocycles. The van der Waals surface area contributed by atoms with E-state index in [4.69, 9.17) is 0 Å². The highest BCUT2D eigenvalue weighted by atomic mass is 32.1. The molecular weight excluding hydrogens is 380 g/mol. The Kier molecular flexibility index (Phi) is 26.2. The van der Waals surface area contributed by atoms with Crippen LogP contribution in [0.2, 0.25) is 0 Å². The van der Waals surface area contributed by atoms with Crippen molar-refractivity contribution in [2.24, 2.45) is 9.98 Å². The lowest BCUT2D eigenvalue weighted by molar-refractivity contribution is 0.521. The van der Waals surface area contributed by atoms with E-state index in [0.29, 0.717) is 0 Å². The molecule has 0 aromatic rings. The smallest absolute Gasteiger partial charge is 0.0584 e. The molecule has 0 spiro atoms. The van der Waals surface area contributed by atoms with Gasteiger partial charge in [0.25, 0.3) is 0 Å². The number of nitrogens with zero attached hydrogens (tertiary/aromatic N) is 2. The Hall–Kier alpha value is -0.400. The van der Waals surface area contributed by atoms with Gasteiger partial charge in [0.15, 0.2) is 0 Å². The molecule has 0 radical (unpaired) electrons. The molecule has 2 nitrogen and oxygen atoms in total. The molecule has 0 unspecified atom stereocenters. The lowest BCUT2D eigenvalue weighted by Gasteiger charge is -2.04. The zero-order valence-electron chi connectivity index (χ0n) is 18.3. The van der Waals surface area contributed by atoms with Gasteiger partial charge < -0.3 is 0 Å². The zero-order chi connectivity index (χ0) is 20.4. The van der Waals surface area contributed by atoms with Crippen molar-refractivity contribution >= 4 is 34.8 Å². The molecule has 0 aromatic carbocycles. The van der Waals surface area contributed by atoms with Gasteiger partial charge in [-0.1, -0.05) is 116 Å². The fraction of sp³-hybridized carbons (Fsp3) is 0.917. The van der Waals surface area contributed by atoms with E-state index in [0.717, 1.165) is 13.1 Å². The Morgan fingerprint density at radius 3 is 0.679 bits per heavy atom. The predicted octanol–water partition coefficient (Wildman–Crippen LogP) is 8.99. The van der Waals surface area contributed by atoms with Crippen molar-refractivity contribution in [3.05, 3.63) is 0 Å². The third kappa shape index (κ3) is 25.6. The van der Waals surface area contributed by atoms with E-state index in [9.17, 15) is 0 Å². The first-order chi connectivity index (χ1) is 13.9. The highest BCUT2D eigenvalue weighted by Crippen LogP contribution is 2.14. The van der Waals surface area contributed by atoms with Crippen LogP contribution in [0.5, 0.6) is 0 Å². The second-order valence-corrected chi connectivity index (χ2v) is 8.38. The van der Waals surface area contributed by atoms with Crippen LogP contribution in [-0.2, 0) is 0 Å². The number of rotatable bonds is 23. The fourth-order valence-electron chi connectivity index (χ4n) is 3.65. The maximum Gasteiger partial charge on any atom is 0.0584 e. The van der Waals surface area contributed by atoms with Crippen molar-refractivity contribution in [3.8, 4) is 0 Å². The van der Waals surface area contributed by atoms with Gasteiger partial charge in [-0.25, -0.2) is 9.98 Å². The van der Waals surface area contributed by atoms with E-state index in [2.05, 4.69) is 44.7 Å². The van der Waals surface area contributed by atoms with E-state index >= 15 is 0 Å². The Balaban J connectivity index is 3.01. The van der Waals surface area contributed by atoms with E-state index in [1.54, 1.807) is 0 Å². The normalized spacial score (nSPS) is 10.4. The van der Waals surface area contributed by atoms with Gasteiger partial charge in [0.1, 0.15) is 0 Å². The summed E-state index contributed by atoms with van der Waals surface area (Å²) in [6.07, 6.45) is 27.7. The van der Waals surface area contributed by atoms with Crippen molar-refractivity contribution in [1.82, 2.24) is 0 Å². The van der Waals surface area contributed by atoms with Gasteiger partial charge in [-0.05, 0) is 37.3 Å². The molecule has 0 saturated carbocycles. The van der Waals surface area contributed by atoms with Gasteiger partial charge in [0.2, 0.25) is 0 Å². The number of unbranched alkanes of at least 4 members (excludes halogenated alkanes) is 19. The third-order valence-corrected chi connectivity index (χ3v) is 5.68. The number of isothiocyanates is 2. The molecule has 0 N–H and O–H groups in total. The predicted molar refractivity (Wildman–Crippen MR) is 132 cm³/mol. The number of aliphatic imine (C=N–C) groups is 2. The average molecular weight is 425 g/mol. The number of hydrogen-bond donors (Lipinski definition) is 0. The minimum Gasteiger partial charge on any atom is -0.233 e. The minimum absolute atomic E-state index is 0.870. The van der Waals surface area contributed by atoms with Crippen LogP contribution in [-0.4, -0.2) is 23.4 Å². The zero-order valence-corrected chi connectivity index (χ0v) is 19.9. The third-order valence-electron chi connectivity index (χ3n) is 5.42. The van der Waals surface area contributed by atoms with Gasteiger partial charge in [-0.15, -0.1) is 0 Å². The lowest BCUT2D eigenvalue weighted by Crippen LogP contribution is -1.85.